The summed E-state index contributed by atoms with van der Waals surface area (Å²) in [5.41, 5.74) is 4.61. The van der Waals surface area contributed by atoms with E-state index in [9.17, 15) is 9.90 Å². The van der Waals surface area contributed by atoms with Crippen molar-refractivity contribution in [3.63, 3.8) is 0 Å². The summed E-state index contributed by atoms with van der Waals surface area (Å²) < 4.78 is 5.34. The molecule has 0 fully saturated rings. The van der Waals surface area contributed by atoms with Crippen molar-refractivity contribution in [1.29, 1.82) is 0 Å². The standard InChI is InChI=1S/C23H24N2O3.H2S/c1-14(26)11-12-23(18-7-5-4-6-8-18)19-13-17(9-10-20(19)24-22(23)27)21-15(2)25-28-16(21)3;/h4-10,13-14,26H,11-12H2,1-3H3,(H,24,27);1H2/t14-,23?;/m0./s1. The van der Waals surface area contributed by atoms with E-state index in [0.717, 1.165) is 39.4 Å². The first-order chi connectivity index (χ1) is 13.4. The molecule has 3 aromatic rings. The van der Waals surface area contributed by atoms with Crippen molar-refractivity contribution in [2.24, 2.45) is 0 Å². The number of fused-ring (bicyclic) bond motifs is 1. The van der Waals surface area contributed by atoms with Gasteiger partial charge in [-0.25, -0.2) is 0 Å². The van der Waals surface area contributed by atoms with Crippen LogP contribution in [-0.4, -0.2) is 22.3 Å². The van der Waals surface area contributed by atoms with Crippen LogP contribution in [0.2, 0.25) is 0 Å². The van der Waals surface area contributed by atoms with E-state index in [1.165, 1.54) is 0 Å². The maximum absolute atomic E-state index is 13.3. The summed E-state index contributed by atoms with van der Waals surface area (Å²) in [6.45, 7) is 5.57. The number of anilines is 1. The number of nitrogens with zero attached hydrogens (tertiary/aromatic N) is 1. The van der Waals surface area contributed by atoms with Gasteiger partial charge in [0.05, 0.1) is 11.8 Å². The predicted molar refractivity (Wildman–Crippen MR) is 119 cm³/mol. The van der Waals surface area contributed by atoms with Gasteiger partial charge < -0.3 is 14.9 Å². The van der Waals surface area contributed by atoms with Gasteiger partial charge in [0.2, 0.25) is 5.91 Å². The fourth-order valence-corrected chi connectivity index (χ4v) is 4.24. The van der Waals surface area contributed by atoms with Gasteiger partial charge in [-0.2, -0.15) is 13.5 Å². The van der Waals surface area contributed by atoms with E-state index < -0.39 is 11.5 Å². The number of hydrogen-bond donors (Lipinski definition) is 2. The topological polar surface area (TPSA) is 75.4 Å². The number of aliphatic hydroxyl groups excluding tert-OH is 1. The summed E-state index contributed by atoms with van der Waals surface area (Å²) in [5.74, 6) is 0.703. The number of hydrogen-bond acceptors (Lipinski definition) is 4. The van der Waals surface area contributed by atoms with E-state index in [4.69, 9.17) is 4.52 Å². The average Bonchev–Trinajstić information content (AvgIpc) is 3.16. The minimum atomic E-state index is -0.831. The van der Waals surface area contributed by atoms with E-state index in [-0.39, 0.29) is 19.4 Å². The second-order valence-corrected chi connectivity index (χ2v) is 7.57. The Kier molecular flexibility index (Phi) is 5.87. The maximum atomic E-state index is 13.3. The molecule has 2 heterocycles. The Balaban J connectivity index is 0.00000240. The molecule has 29 heavy (non-hydrogen) atoms. The van der Waals surface area contributed by atoms with Crippen LogP contribution in [0.4, 0.5) is 5.69 Å². The molecule has 0 saturated heterocycles. The molecule has 5 nitrogen and oxygen atoms in total. The number of aromatic nitrogens is 1. The monoisotopic (exact) mass is 410 g/mol. The summed E-state index contributed by atoms with van der Waals surface area (Å²) in [5, 5.41) is 17.1. The minimum absolute atomic E-state index is 0. The highest BCUT2D eigenvalue weighted by atomic mass is 32.1. The molecule has 1 unspecified atom stereocenters. The molecule has 152 valence electrons. The second-order valence-electron chi connectivity index (χ2n) is 7.57. The van der Waals surface area contributed by atoms with Crippen LogP contribution in [-0.2, 0) is 10.2 Å². The second kappa shape index (κ2) is 8.05. The third-order valence-corrected chi connectivity index (χ3v) is 5.64. The van der Waals surface area contributed by atoms with Crippen molar-refractivity contribution in [1.82, 2.24) is 5.16 Å². The van der Waals surface area contributed by atoms with Crippen molar-refractivity contribution in [2.45, 2.75) is 45.1 Å². The van der Waals surface area contributed by atoms with Gasteiger partial charge in [-0.1, -0.05) is 41.6 Å². The van der Waals surface area contributed by atoms with Crippen LogP contribution in [0.5, 0.6) is 0 Å². The molecular formula is C23H26N2O3S. The molecule has 0 bridgehead atoms. The van der Waals surface area contributed by atoms with Crippen LogP contribution in [0, 0.1) is 13.8 Å². The van der Waals surface area contributed by atoms with Gasteiger partial charge in [0.25, 0.3) is 0 Å². The molecule has 0 radical (unpaired) electrons. The van der Waals surface area contributed by atoms with Gasteiger partial charge in [-0.15, -0.1) is 0 Å². The number of carbonyl (C=O) groups is 1. The third kappa shape index (κ3) is 3.47. The maximum Gasteiger partial charge on any atom is 0.239 e. The molecular weight excluding hydrogens is 384 g/mol. The minimum Gasteiger partial charge on any atom is -0.393 e. The SMILES string of the molecule is Cc1noc(C)c1-c1ccc2c(c1)C(CC[C@H](C)O)(c1ccccc1)C(=O)N2.S. The van der Waals surface area contributed by atoms with Gasteiger partial charge in [0, 0.05) is 11.3 Å². The fourth-order valence-electron chi connectivity index (χ4n) is 4.24. The molecule has 1 aromatic heterocycles. The van der Waals surface area contributed by atoms with Crippen LogP contribution in [0.1, 0.15) is 42.3 Å². The summed E-state index contributed by atoms with van der Waals surface area (Å²) >= 11 is 0. The Morgan fingerprint density at radius 2 is 1.90 bits per heavy atom. The highest BCUT2D eigenvalue weighted by Crippen LogP contribution is 2.47. The first kappa shape index (κ1) is 21.1. The van der Waals surface area contributed by atoms with Crippen LogP contribution in [0.3, 0.4) is 0 Å². The molecule has 2 N–H and O–H groups in total. The van der Waals surface area contributed by atoms with Crippen molar-refractivity contribution in [2.75, 3.05) is 5.32 Å². The lowest BCUT2D eigenvalue weighted by Crippen LogP contribution is -2.36. The summed E-state index contributed by atoms with van der Waals surface area (Å²) in [6, 6.07) is 15.8. The molecule has 0 aliphatic carbocycles. The Hall–Kier alpha value is -2.57. The van der Waals surface area contributed by atoms with E-state index >= 15 is 0 Å². The number of benzene rings is 2. The number of aliphatic hydroxyl groups is 1. The average molecular weight is 411 g/mol. The molecule has 0 spiro atoms. The Labute approximate surface area is 177 Å². The Morgan fingerprint density at radius 1 is 1.17 bits per heavy atom. The summed E-state index contributed by atoms with van der Waals surface area (Å²) in [6.07, 6.45) is 0.568. The lowest BCUT2D eigenvalue weighted by molar-refractivity contribution is -0.119. The smallest absolute Gasteiger partial charge is 0.239 e. The molecule has 1 aliphatic rings. The Bertz CT molecular complexity index is 1010. The first-order valence-electron chi connectivity index (χ1n) is 9.56. The van der Waals surface area contributed by atoms with E-state index in [1.54, 1.807) is 6.92 Å². The zero-order chi connectivity index (χ0) is 19.9. The molecule has 2 aromatic carbocycles. The van der Waals surface area contributed by atoms with Crippen LogP contribution >= 0.6 is 13.5 Å². The van der Waals surface area contributed by atoms with Crippen molar-refractivity contribution in [3.8, 4) is 11.1 Å². The number of amides is 1. The van der Waals surface area contributed by atoms with Crippen LogP contribution in [0.15, 0.2) is 53.1 Å². The largest absolute Gasteiger partial charge is 0.393 e. The van der Waals surface area contributed by atoms with E-state index in [1.807, 2.05) is 56.3 Å². The molecule has 1 amide bonds. The quantitative estimate of drug-likeness (QED) is 0.651. The van der Waals surface area contributed by atoms with Crippen molar-refractivity contribution < 1.29 is 14.4 Å². The van der Waals surface area contributed by atoms with E-state index in [0.29, 0.717) is 12.8 Å². The lowest BCUT2D eigenvalue weighted by atomic mass is 9.71. The highest BCUT2D eigenvalue weighted by molar-refractivity contribution is 7.59. The third-order valence-electron chi connectivity index (χ3n) is 5.64. The number of nitrogens with one attached hydrogen (secondary N) is 1. The molecule has 4 rings (SSSR count). The zero-order valence-corrected chi connectivity index (χ0v) is 17.8. The fraction of sp³-hybridized carbons (Fsp3) is 0.304. The number of carbonyl (C=O) groups excluding carboxylic acids is 1. The van der Waals surface area contributed by atoms with Gasteiger partial charge in [0.1, 0.15) is 11.2 Å². The van der Waals surface area contributed by atoms with E-state index in [2.05, 4.69) is 16.5 Å². The van der Waals surface area contributed by atoms with Gasteiger partial charge in [-0.05, 0) is 62.4 Å². The Morgan fingerprint density at radius 3 is 2.52 bits per heavy atom. The number of rotatable bonds is 5. The zero-order valence-electron chi connectivity index (χ0n) is 16.8. The molecule has 2 atom stereocenters. The van der Waals surface area contributed by atoms with Crippen molar-refractivity contribution >= 4 is 25.1 Å². The van der Waals surface area contributed by atoms with Crippen molar-refractivity contribution in [3.05, 3.63) is 71.1 Å². The molecule has 0 saturated carbocycles. The van der Waals surface area contributed by atoms with Gasteiger partial charge in [-0.3, -0.25) is 4.79 Å². The first-order valence-corrected chi connectivity index (χ1v) is 9.56. The molecule has 6 heteroatoms. The normalized spacial score (nSPS) is 18.7. The summed E-state index contributed by atoms with van der Waals surface area (Å²) in [4.78, 5) is 13.3. The van der Waals surface area contributed by atoms with Gasteiger partial charge in [0.15, 0.2) is 0 Å². The lowest BCUT2D eigenvalue weighted by Gasteiger charge is -2.29. The summed E-state index contributed by atoms with van der Waals surface area (Å²) in [7, 11) is 0. The highest BCUT2D eigenvalue weighted by Gasteiger charge is 2.48. The molecule has 1 aliphatic heterocycles. The number of aryl methyl sites for hydroxylation is 2. The van der Waals surface area contributed by atoms with Crippen LogP contribution < -0.4 is 5.32 Å². The van der Waals surface area contributed by atoms with Crippen LogP contribution in [0.25, 0.3) is 11.1 Å². The van der Waals surface area contributed by atoms with Gasteiger partial charge >= 0.3 is 0 Å². The predicted octanol–water partition coefficient (Wildman–Crippen LogP) is 4.47.